The zero-order chi connectivity index (χ0) is 20.5. The summed E-state index contributed by atoms with van der Waals surface area (Å²) >= 11 is 1.04. The zero-order valence-corrected chi connectivity index (χ0v) is 15.6. The van der Waals surface area contributed by atoms with Gasteiger partial charge in [0.05, 0.1) is 6.42 Å². The summed E-state index contributed by atoms with van der Waals surface area (Å²) in [5.41, 5.74) is -1.42. The van der Waals surface area contributed by atoms with Crippen molar-refractivity contribution in [1.82, 2.24) is 4.98 Å². The summed E-state index contributed by atoms with van der Waals surface area (Å²) in [6.07, 6.45) is 0.0450. The molecule has 0 aliphatic rings. The lowest BCUT2D eigenvalue weighted by Crippen LogP contribution is -2.29. The fourth-order valence-electron chi connectivity index (χ4n) is 2.51. The standard InChI is InChI=1S/C19H15BF2N2O3S/c1-24(18-23-16(10-28-18)19(20,26)27)17(25)8-11-2-4-12(5-3-11)14-9-13(21)6-7-15(14)22/h2-7,9-10,26-27H,8H2,1H3. The van der Waals surface area contributed by atoms with Crippen LogP contribution in [-0.4, -0.2) is 36.0 Å². The molecule has 1 heterocycles. The number of nitrogens with zero attached hydrogens (tertiary/aromatic N) is 2. The van der Waals surface area contributed by atoms with Gasteiger partial charge in [-0.3, -0.25) is 9.69 Å². The normalized spacial score (nSPS) is 11.5. The molecule has 0 spiro atoms. The molecule has 5 nitrogen and oxygen atoms in total. The number of benzene rings is 2. The average molecular weight is 400 g/mol. The van der Waals surface area contributed by atoms with Gasteiger partial charge in [0.15, 0.2) is 18.7 Å². The minimum Gasteiger partial charge on any atom is -0.369 e. The lowest BCUT2D eigenvalue weighted by molar-refractivity contribution is -0.117. The van der Waals surface area contributed by atoms with E-state index >= 15 is 0 Å². The average Bonchev–Trinajstić information content (AvgIpc) is 3.14. The molecular formula is C19H15BF2N2O3S. The Hall–Kier alpha value is -2.62. The highest BCUT2D eigenvalue weighted by atomic mass is 32.1. The van der Waals surface area contributed by atoms with Gasteiger partial charge >= 0.3 is 0 Å². The van der Waals surface area contributed by atoms with Gasteiger partial charge in [0, 0.05) is 18.0 Å². The Kier molecular flexibility index (Phi) is 5.60. The summed E-state index contributed by atoms with van der Waals surface area (Å²) in [4.78, 5) is 17.7. The fourth-order valence-corrected chi connectivity index (χ4v) is 3.36. The summed E-state index contributed by atoms with van der Waals surface area (Å²) in [7, 11) is 6.66. The van der Waals surface area contributed by atoms with Crippen LogP contribution in [0.1, 0.15) is 11.3 Å². The molecule has 28 heavy (non-hydrogen) atoms. The van der Waals surface area contributed by atoms with Crippen LogP contribution in [0.3, 0.4) is 0 Å². The number of carbonyl (C=O) groups is 1. The third kappa shape index (κ3) is 4.44. The van der Waals surface area contributed by atoms with Gasteiger partial charge in [-0.25, -0.2) is 13.8 Å². The molecule has 3 rings (SSSR count). The van der Waals surface area contributed by atoms with Gasteiger partial charge in [-0.15, -0.1) is 11.3 Å². The van der Waals surface area contributed by atoms with Gasteiger partial charge in [0.25, 0.3) is 0 Å². The lowest BCUT2D eigenvalue weighted by Gasteiger charge is -2.15. The van der Waals surface area contributed by atoms with Crippen molar-refractivity contribution in [2.45, 2.75) is 12.1 Å². The van der Waals surface area contributed by atoms with Crippen LogP contribution < -0.4 is 4.90 Å². The van der Waals surface area contributed by atoms with Gasteiger partial charge in [-0.05, 0) is 29.3 Å². The molecule has 0 unspecified atom stereocenters. The second kappa shape index (κ2) is 7.79. The van der Waals surface area contributed by atoms with Crippen molar-refractivity contribution < 1.29 is 23.8 Å². The number of halogens is 2. The van der Waals surface area contributed by atoms with Crippen molar-refractivity contribution in [3.63, 3.8) is 0 Å². The maximum Gasteiger partial charge on any atom is 0.232 e. The number of hydrogen-bond acceptors (Lipinski definition) is 5. The molecule has 142 valence electrons. The molecule has 0 atom stereocenters. The van der Waals surface area contributed by atoms with E-state index in [1.807, 2.05) is 0 Å². The van der Waals surface area contributed by atoms with E-state index in [9.17, 15) is 23.8 Å². The topological polar surface area (TPSA) is 73.7 Å². The number of aromatic nitrogens is 1. The van der Waals surface area contributed by atoms with Crippen molar-refractivity contribution in [2.24, 2.45) is 0 Å². The second-order valence-corrected chi connectivity index (χ2v) is 7.03. The van der Waals surface area contributed by atoms with E-state index in [0.717, 1.165) is 29.5 Å². The summed E-state index contributed by atoms with van der Waals surface area (Å²) < 4.78 is 27.2. The molecule has 2 aromatic carbocycles. The summed E-state index contributed by atoms with van der Waals surface area (Å²) in [6.45, 7) is 0. The van der Waals surface area contributed by atoms with Crippen LogP contribution >= 0.6 is 11.3 Å². The molecule has 0 fully saturated rings. The predicted octanol–water partition coefficient (Wildman–Crippen LogP) is 2.56. The minimum absolute atomic E-state index is 0.0450. The van der Waals surface area contributed by atoms with E-state index in [2.05, 4.69) is 4.98 Å². The summed E-state index contributed by atoms with van der Waals surface area (Å²) in [5, 5.41) is 20.3. The van der Waals surface area contributed by atoms with Crippen molar-refractivity contribution in [2.75, 3.05) is 11.9 Å². The molecule has 3 aromatic rings. The van der Waals surface area contributed by atoms with Crippen LogP contribution in [0, 0.1) is 11.6 Å². The Morgan fingerprint density at radius 1 is 1.21 bits per heavy atom. The highest BCUT2D eigenvalue weighted by Crippen LogP contribution is 2.26. The Labute approximate surface area is 165 Å². The number of likely N-dealkylation sites (N-methyl/N-ethyl adjacent to an activating group) is 1. The molecular weight excluding hydrogens is 385 g/mol. The van der Waals surface area contributed by atoms with Crippen molar-refractivity contribution in [3.05, 3.63) is 70.7 Å². The molecule has 0 aliphatic carbocycles. The van der Waals surface area contributed by atoms with Crippen LogP contribution in [0.5, 0.6) is 0 Å². The first kappa shape index (κ1) is 20.1. The first-order valence-corrected chi connectivity index (χ1v) is 9.03. The van der Waals surface area contributed by atoms with E-state index < -0.39 is 17.3 Å². The number of hydrogen-bond donors (Lipinski definition) is 2. The van der Waals surface area contributed by atoms with Crippen LogP contribution in [0.25, 0.3) is 11.1 Å². The highest BCUT2D eigenvalue weighted by molar-refractivity contribution is 7.14. The quantitative estimate of drug-likeness (QED) is 0.510. The fraction of sp³-hybridized carbons (Fsp3) is 0.158. The van der Waals surface area contributed by atoms with Gasteiger partial charge in [-0.2, -0.15) is 0 Å². The predicted molar refractivity (Wildman–Crippen MR) is 103 cm³/mol. The van der Waals surface area contributed by atoms with E-state index in [4.69, 9.17) is 7.85 Å². The van der Waals surface area contributed by atoms with Gasteiger partial charge in [0.2, 0.25) is 5.91 Å². The first-order valence-electron chi connectivity index (χ1n) is 8.15. The number of rotatable bonds is 5. The molecule has 2 radical (unpaired) electrons. The first-order chi connectivity index (χ1) is 13.1. The molecule has 0 saturated heterocycles. The maximum atomic E-state index is 13.9. The summed E-state index contributed by atoms with van der Waals surface area (Å²) in [5.74, 6) is -1.36. The summed E-state index contributed by atoms with van der Waals surface area (Å²) in [6, 6.07) is 9.77. The molecule has 9 heteroatoms. The SMILES string of the molecule is [B]C(O)(O)c1csc(N(C)C(=O)Cc2ccc(-c3cc(F)ccc3F)cc2)n1. The van der Waals surface area contributed by atoms with E-state index in [0.29, 0.717) is 11.1 Å². The molecule has 0 aliphatic heterocycles. The van der Waals surface area contributed by atoms with Crippen LogP contribution in [0.2, 0.25) is 0 Å². The van der Waals surface area contributed by atoms with Crippen molar-refractivity contribution in [3.8, 4) is 11.1 Å². The van der Waals surface area contributed by atoms with Crippen molar-refractivity contribution >= 4 is 30.2 Å². The number of aliphatic hydroxyl groups is 2. The van der Waals surface area contributed by atoms with E-state index in [1.165, 1.54) is 17.3 Å². The number of anilines is 1. The maximum absolute atomic E-state index is 13.9. The van der Waals surface area contributed by atoms with Crippen molar-refractivity contribution in [1.29, 1.82) is 0 Å². The number of thiazole rings is 1. The third-order valence-electron chi connectivity index (χ3n) is 4.08. The Balaban J connectivity index is 1.72. The largest absolute Gasteiger partial charge is 0.369 e. The Morgan fingerprint density at radius 2 is 1.89 bits per heavy atom. The smallest absolute Gasteiger partial charge is 0.232 e. The molecule has 1 amide bonds. The zero-order valence-electron chi connectivity index (χ0n) is 14.8. The van der Waals surface area contributed by atoms with Gasteiger partial charge < -0.3 is 10.2 Å². The minimum atomic E-state index is -2.57. The van der Waals surface area contributed by atoms with Gasteiger partial charge in [-0.1, -0.05) is 24.3 Å². The Morgan fingerprint density at radius 3 is 2.50 bits per heavy atom. The molecule has 0 bridgehead atoms. The van der Waals surface area contributed by atoms with Gasteiger partial charge in [0.1, 0.15) is 17.3 Å². The van der Waals surface area contributed by atoms with Crippen LogP contribution in [-0.2, 0) is 16.9 Å². The van der Waals surface area contributed by atoms with Crippen LogP contribution in [0.15, 0.2) is 47.8 Å². The van der Waals surface area contributed by atoms with E-state index in [-0.39, 0.29) is 28.7 Å². The van der Waals surface area contributed by atoms with Crippen LogP contribution in [0.4, 0.5) is 13.9 Å². The number of carbonyl (C=O) groups excluding carboxylic acids is 1. The Bertz CT molecular complexity index is 1000. The molecule has 0 saturated carbocycles. The lowest BCUT2D eigenvalue weighted by atomic mass is 9.93. The highest BCUT2D eigenvalue weighted by Gasteiger charge is 2.23. The third-order valence-corrected chi connectivity index (χ3v) is 5.00. The molecule has 1 aromatic heterocycles. The van der Waals surface area contributed by atoms with E-state index in [1.54, 1.807) is 24.3 Å². The monoisotopic (exact) mass is 400 g/mol. The molecule has 2 N–H and O–H groups in total. The number of amides is 1. The second-order valence-electron chi connectivity index (χ2n) is 6.19.